The quantitative estimate of drug-likeness (QED) is 0.715. The van der Waals surface area contributed by atoms with Crippen LogP contribution in [0.15, 0.2) is 24.3 Å². The summed E-state index contributed by atoms with van der Waals surface area (Å²) < 4.78 is 5.65. The first-order valence-corrected chi connectivity index (χ1v) is 8.49. The molecule has 0 radical (unpaired) electrons. The third-order valence-electron chi connectivity index (χ3n) is 4.07. The molecule has 1 saturated heterocycles. The van der Waals surface area contributed by atoms with Crippen molar-refractivity contribution in [3.8, 4) is 5.75 Å². The first-order valence-electron chi connectivity index (χ1n) is 8.49. The Morgan fingerprint density at radius 1 is 1.35 bits per heavy atom. The smallest absolute Gasteiger partial charge is 0.224 e. The summed E-state index contributed by atoms with van der Waals surface area (Å²) in [5, 5.41) is 6.32. The summed E-state index contributed by atoms with van der Waals surface area (Å²) in [5.41, 5.74) is 1.23. The summed E-state index contributed by atoms with van der Waals surface area (Å²) in [4.78, 5) is 12.0. The van der Waals surface area contributed by atoms with Gasteiger partial charge >= 0.3 is 0 Å². The van der Waals surface area contributed by atoms with Crippen LogP contribution in [0.2, 0.25) is 0 Å². The summed E-state index contributed by atoms with van der Waals surface area (Å²) in [5.74, 6) is 1.25. The minimum Gasteiger partial charge on any atom is -0.494 e. The molecule has 1 aliphatic heterocycles. The molecule has 5 heteroatoms. The third kappa shape index (κ3) is 7.23. The van der Waals surface area contributed by atoms with Gasteiger partial charge in [-0.2, -0.15) is 0 Å². The van der Waals surface area contributed by atoms with Crippen molar-refractivity contribution >= 4 is 18.3 Å². The van der Waals surface area contributed by atoms with Gasteiger partial charge in [-0.25, -0.2) is 0 Å². The number of amides is 1. The Balaban J connectivity index is 0.00000264. The normalized spacial score (nSPS) is 17.2. The van der Waals surface area contributed by atoms with Gasteiger partial charge in [-0.15, -0.1) is 12.4 Å². The number of carbonyl (C=O) groups excluding carboxylic acids is 1. The first kappa shape index (κ1) is 19.8. The van der Waals surface area contributed by atoms with E-state index in [1.54, 1.807) is 0 Å². The summed E-state index contributed by atoms with van der Waals surface area (Å²) in [6.07, 6.45) is 5.19. The fraction of sp³-hybridized carbons (Fsp3) is 0.611. The van der Waals surface area contributed by atoms with Crippen LogP contribution in [0.5, 0.6) is 5.75 Å². The Bertz CT molecular complexity index is 445. The van der Waals surface area contributed by atoms with Crippen molar-refractivity contribution < 1.29 is 9.53 Å². The zero-order valence-corrected chi connectivity index (χ0v) is 14.8. The minimum atomic E-state index is 0. The SMILES string of the molecule is CCCCOc1ccc(CCNC(=O)C2CCCNC2)cc1.Cl. The molecule has 2 N–H and O–H groups in total. The van der Waals surface area contributed by atoms with E-state index in [1.807, 2.05) is 12.1 Å². The Kier molecular flexibility index (Phi) is 9.72. The van der Waals surface area contributed by atoms with Crippen LogP contribution in [0.1, 0.15) is 38.2 Å². The van der Waals surface area contributed by atoms with Gasteiger partial charge in [-0.05, 0) is 49.9 Å². The molecule has 0 aliphatic carbocycles. The summed E-state index contributed by atoms with van der Waals surface area (Å²) in [6, 6.07) is 8.18. The summed E-state index contributed by atoms with van der Waals surface area (Å²) in [7, 11) is 0. The number of ether oxygens (including phenoxy) is 1. The first-order chi connectivity index (χ1) is 10.8. The van der Waals surface area contributed by atoms with E-state index in [9.17, 15) is 4.79 Å². The van der Waals surface area contributed by atoms with Gasteiger partial charge in [0, 0.05) is 13.1 Å². The Labute approximate surface area is 145 Å². The van der Waals surface area contributed by atoms with Crippen LogP contribution in [0.4, 0.5) is 0 Å². The maximum absolute atomic E-state index is 12.0. The van der Waals surface area contributed by atoms with Crippen molar-refractivity contribution in [3.05, 3.63) is 29.8 Å². The number of unbranched alkanes of at least 4 members (excludes halogenated alkanes) is 1. The number of rotatable bonds is 8. The van der Waals surface area contributed by atoms with Gasteiger partial charge in [0.1, 0.15) is 5.75 Å². The molecular weight excluding hydrogens is 312 g/mol. The average Bonchev–Trinajstić information content (AvgIpc) is 2.57. The second-order valence-electron chi connectivity index (χ2n) is 5.93. The lowest BCUT2D eigenvalue weighted by Crippen LogP contribution is -2.41. The molecule has 0 saturated carbocycles. The van der Waals surface area contributed by atoms with Crippen LogP contribution in [-0.4, -0.2) is 32.1 Å². The van der Waals surface area contributed by atoms with Gasteiger partial charge in [0.05, 0.1) is 12.5 Å². The maximum atomic E-state index is 12.0. The molecular formula is C18H29ClN2O2. The highest BCUT2D eigenvalue weighted by Crippen LogP contribution is 2.13. The van der Waals surface area contributed by atoms with Gasteiger partial charge in [0.25, 0.3) is 0 Å². The molecule has 1 aromatic rings. The van der Waals surface area contributed by atoms with Crippen molar-refractivity contribution in [2.75, 3.05) is 26.2 Å². The van der Waals surface area contributed by atoms with E-state index >= 15 is 0 Å². The van der Waals surface area contributed by atoms with Gasteiger partial charge in [0.15, 0.2) is 0 Å². The van der Waals surface area contributed by atoms with E-state index in [-0.39, 0.29) is 24.2 Å². The number of halogens is 1. The molecule has 1 aromatic carbocycles. The Morgan fingerprint density at radius 2 is 2.13 bits per heavy atom. The molecule has 1 unspecified atom stereocenters. The van der Waals surface area contributed by atoms with E-state index in [2.05, 4.69) is 29.7 Å². The average molecular weight is 341 g/mol. The lowest BCUT2D eigenvalue weighted by atomic mass is 9.99. The monoisotopic (exact) mass is 340 g/mol. The Morgan fingerprint density at radius 3 is 2.78 bits per heavy atom. The molecule has 1 fully saturated rings. The highest BCUT2D eigenvalue weighted by molar-refractivity contribution is 5.85. The van der Waals surface area contributed by atoms with Crippen molar-refractivity contribution in [2.24, 2.45) is 5.92 Å². The van der Waals surface area contributed by atoms with E-state index in [4.69, 9.17) is 4.74 Å². The van der Waals surface area contributed by atoms with E-state index in [0.29, 0.717) is 6.54 Å². The molecule has 1 atom stereocenters. The number of nitrogens with one attached hydrogen (secondary N) is 2. The zero-order valence-electron chi connectivity index (χ0n) is 14.0. The standard InChI is InChI=1S/C18H28N2O2.ClH/c1-2-3-13-22-17-8-6-15(7-9-17)10-12-20-18(21)16-5-4-11-19-14-16;/h6-9,16,19H,2-5,10-14H2,1H3,(H,20,21);1H. The van der Waals surface area contributed by atoms with Crippen LogP contribution >= 0.6 is 12.4 Å². The van der Waals surface area contributed by atoms with Crippen LogP contribution in [-0.2, 0) is 11.2 Å². The second-order valence-corrected chi connectivity index (χ2v) is 5.93. The molecule has 130 valence electrons. The van der Waals surface area contributed by atoms with Crippen LogP contribution in [0, 0.1) is 5.92 Å². The van der Waals surface area contributed by atoms with Gasteiger partial charge in [-0.3, -0.25) is 4.79 Å². The number of benzene rings is 1. The van der Waals surface area contributed by atoms with Crippen LogP contribution in [0.25, 0.3) is 0 Å². The highest BCUT2D eigenvalue weighted by atomic mass is 35.5. The lowest BCUT2D eigenvalue weighted by Gasteiger charge is -2.21. The van der Waals surface area contributed by atoms with Crippen LogP contribution < -0.4 is 15.4 Å². The minimum absolute atomic E-state index is 0. The topological polar surface area (TPSA) is 50.4 Å². The van der Waals surface area contributed by atoms with Gasteiger partial charge in [-0.1, -0.05) is 25.5 Å². The molecule has 2 rings (SSSR count). The summed E-state index contributed by atoms with van der Waals surface area (Å²) in [6.45, 7) is 5.49. The van der Waals surface area contributed by atoms with E-state index in [0.717, 1.165) is 57.6 Å². The van der Waals surface area contributed by atoms with E-state index in [1.165, 1.54) is 5.56 Å². The number of piperidine rings is 1. The van der Waals surface area contributed by atoms with Gasteiger partial charge < -0.3 is 15.4 Å². The highest BCUT2D eigenvalue weighted by Gasteiger charge is 2.19. The predicted molar refractivity (Wildman–Crippen MR) is 96.4 cm³/mol. The summed E-state index contributed by atoms with van der Waals surface area (Å²) >= 11 is 0. The zero-order chi connectivity index (χ0) is 15.6. The lowest BCUT2D eigenvalue weighted by molar-refractivity contribution is -0.125. The third-order valence-corrected chi connectivity index (χ3v) is 4.07. The van der Waals surface area contributed by atoms with Crippen molar-refractivity contribution in [3.63, 3.8) is 0 Å². The van der Waals surface area contributed by atoms with Crippen molar-refractivity contribution in [1.82, 2.24) is 10.6 Å². The van der Waals surface area contributed by atoms with Crippen molar-refractivity contribution in [1.29, 1.82) is 0 Å². The molecule has 1 heterocycles. The second kappa shape index (κ2) is 11.3. The fourth-order valence-electron chi connectivity index (χ4n) is 2.64. The fourth-order valence-corrected chi connectivity index (χ4v) is 2.64. The number of hydrogen-bond donors (Lipinski definition) is 2. The van der Waals surface area contributed by atoms with Gasteiger partial charge in [0.2, 0.25) is 5.91 Å². The molecule has 0 bridgehead atoms. The predicted octanol–water partition coefficient (Wildman–Crippen LogP) is 2.95. The molecule has 23 heavy (non-hydrogen) atoms. The molecule has 4 nitrogen and oxygen atoms in total. The van der Waals surface area contributed by atoms with Crippen molar-refractivity contribution in [2.45, 2.75) is 39.0 Å². The van der Waals surface area contributed by atoms with Crippen LogP contribution in [0.3, 0.4) is 0 Å². The molecule has 0 aromatic heterocycles. The van der Waals surface area contributed by atoms with E-state index < -0.39 is 0 Å². The molecule has 1 aliphatic rings. The maximum Gasteiger partial charge on any atom is 0.224 e. The number of hydrogen-bond acceptors (Lipinski definition) is 3. The molecule has 0 spiro atoms. The molecule has 1 amide bonds. The largest absolute Gasteiger partial charge is 0.494 e. The number of carbonyl (C=O) groups is 1. The Hall–Kier alpha value is -1.26.